The molecule has 2 saturated heterocycles. The standard InChI is InChI=1S/C22H31N3O4/c1-14-6-15(2)10-24(9-14)11-16(3)23-22(27)17-7-21(26)25(12-17)18-4-5-19-20(8-18)29-13-28-19/h4-5,8,14-17H,6-7,9-13H2,1-3H3,(H,23,27). The Morgan fingerprint density at radius 2 is 1.90 bits per heavy atom. The lowest BCUT2D eigenvalue weighted by molar-refractivity contribution is -0.127. The molecule has 0 radical (unpaired) electrons. The van der Waals surface area contributed by atoms with Crippen molar-refractivity contribution in [2.75, 3.05) is 37.9 Å². The van der Waals surface area contributed by atoms with Crippen LogP contribution >= 0.6 is 0 Å². The molecule has 3 heterocycles. The van der Waals surface area contributed by atoms with Crippen molar-refractivity contribution in [3.63, 3.8) is 0 Å². The summed E-state index contributed by atoms with van der Waals surface area (Å²) in [6.07, 6.45) is 1.52. The number of fused-ring (bicyclic) bond motifs is 1. The monoisotopic (exact) mass is 401 g/mol. The van der Waals surface area contributed by atoms with E-state index in [4.69, 9.17) is 9.47 Å². The number of rotatable bonds is 5. The zero-order valence-corrected chi connectivity index (χ0v) is 17.5. The zero-order valence-electron chi connectivity index (χ0n) is 17.5. The number of piperidine rings is 1. The summed E-state index contributed by atoms with van der Waals surface area (Å²) in [7, 11) is 0. The van der Waals surface area contributed by atoms with Crippen molar-refractivity contribution in [2.24, 2.45) is 17.8 Å². The minimum Gasteiger partial charge on any atom is -0.454 e. The summed E-state index contributed by atoms with van der Waals surface area (Å²) in [5.41, 5.74) is 0.749. The van der Waals surface area contributed by atoms with Gasteiger partial charge in [-0.25, -0.2) is 0 Å². The van der Waals surface area contributed by atoms with Gasteiger partial charge in [0.05, 0.1) is 5.92 Å². The van der Waals surface area contributed by atoms with Crippen molar-refractivity contribution < 1.29 is 19.1 Å². The molecule has 1 aromatic rings. The van der Waals surface area contributed by atoms with Crippen molar-refractivity contribution in [1.82, 2.24) is 10.2 Å². The molecule has 4 atom stereocenters. The summed E-state index contributed by atoms with van der Waals surface area (Å²) in [6.45, 7) is 10.3. The number of nitrogens with one attached hydrogen (secondary N) is 1. The number of ether oxygens (including phenoxy) is 2. The van der Waals surface area contributed by atoms with E-state index >= 15 is 0 Å². The molecule has 0 aliphatic carbocycles. The Bertz CT molecular complexity index is 773. The van der Waals surface area contributed by atoms with Crippen LogP contribution in [0.15, 0.2) is 18.2 Å². The molecular weight excluding hydrogens is 370 g/mol. The minimum atomic E-state index is -0.324. The van der Waals surface area contributed by atoms with Crippen LogP contribution in [0.4, 0.5) is 5.69 Å². The summed E-state index contributed by atoms with van der Waals surface area (Å²) in [5, 5.41) is 3.13. The molecule has 29 heavy (non-hydrogen) atoms. The normalized spacial score (nSPS) is 27.9. The Balaban J connectivity index is 1.32. The highest BCUT2D eigenvalue weighted by molar-refractivity contribution is 6.00. The Labute approximate surface area is 172 Å². The van der Waals surface area contributed by atoms with E-state index < -0.39 is 0 Å². The highest BCUT2D eigenvalue weighted by atomic mass is 16.7. The first-order valence-corrected chi connectivity index (χ1v) is 10.6. The van der Waals surface area contributed by atoms with Gasteiger partial charge in [-0.1, -0.05) is 13.8 Å². The molecule has 7 nitrogen and oxygen atoms in total. The summed E-state index contributed by atoms with van der Waals surface area (Å²) < 4.78 is 10.7. The first-order valence-electron chi connectivity index (χ1n) is 10.6. The van der Waals surface area contributed by atoms with E-state index in [0.717, 1.165) is 25.3 Å². The number of benzene rings is 1. The molecule has 3 aliphatic rings. The molecule has 3 aliphatic heterocycles. The average molecular weight is 402 g/mol. The van der Waals surface area contributed by atoms with Gasteiger partial charge in [-0.3, -0.25) is 9.59 Å². The topological polar surface area (TPSA) is 71.1 Å². The summed E-state index contributed by atoms with van der Waals surface area (Å²) >= 11 is 0. The second-order valence-corrected chi connectivity index (χ2v) is 9.02. The molecule has 0 spiro atoms. The van der Waals surface area contributed by atoms with Gasteiger partial charge in [-0.15, -0.1) is 0 Å². The third-order valence-electron chi connectivity index (χ3n) is 6.03. The van der Waals surface area contributed by atoms with Gasteiger partial charge in [0.15, 0.2) is 11.5 Å². The SMILES string of the molecule is CC1CC(C)CN(CC(C)NC(=O)C2CC(=O)N(c3ccc4c(c3)OCO4)C2)C1. The van der Waals surface area contributed by atoms with Gasteiger partial charge in [0.1, 0.15) is 0 Å². The van der Waals surface area contributed by atoms with Crippen LogP contribution in [0.1, 0.15) is 33.6 Å². The Kier molecular flexibility index (Phi) is 5.67. The second kappa shape index (κ2) is 8.22. The molecule has 0 bridgehead atoms. The lowest BCUT2D eigenvalue weighted by Gasteiger charge is -2.36. The molecule has 4 unspecified atom stereocenters. The van der Waals surface area contributed by atoms with Crippen molar-refractivity contribution in [1.29, 1.82) is 0 Å². The smallest absolute Gasteiger partial charge is 0.231 e. The van der Waals surface area contributed by atoms with Crippen LogP contribution in [0.3, 0.4) is 0 Å². The predicted molar refractivity (Wildman–Crippen MR) is 110 cm³/mol. The van der Waals surface area contributed by atoms with Crippen molar-refractivity contribution in [2.45, 2.75) is 39.7 Å². The Hall–Kier alpha value is -2.28. The zero-order chi connectivity index (χ0) is 20.5. The molecule has 7 heteroatoms. The fraction of sp³-hybridized carbons (Fsp3) is 0.636. The van der Waals surface area contributed by atoms with Gasteiger partial charge in [-0.2, -0.15) is 0 Å². The minimum absolute atomic E-state index is 0.0321. The van der Waals surface area contributed by atoms with Crippen LogP contribution in [0.5, 0.6) is 11.5 Å². The molecular formula is C22H31N3O4. The number of hydrogen-bond donors (Lipinski definition) is 1. The van der Waals surface area contributed by atoms with E-state index in [2.05, 4.69) is 24.1 Å². The van der Waals surface area contributed by atoms with Crippen LogP contribution in [-0.4, -0.2) is 55.7 Å². The quantitative estimate of drug-likeness (QED) is 0.819. The number of carbonyl (C=O) groups excluding carboxylic acids is 2. The van der Waals surface area contributed by atoms with Crippen molar-refractivity contribution in [3.8, 4) is 11.5 Å². The van der Waals surface area contributed by atoms with Crippen LogP contribution in [0.2, 0.25) is 0 Å². The molecule has 2 amide bonds. The largest absolute Gasteiger partial charge is 0.454 e. The molecule has 1 N–H and O–H groups in total. The first-order chi connectivity index (χ1) is 13.9. The van der Waals surface area contributed by atoms with Gasteiger partial charge in [0.25, 0.3) is 0 Å². The van der Waals surface area contributed by atoms with Crippen molar-refractivity contribution in [3.05, 3.63) is 18.2 Å². The number of hydrogen-bond acceptors (Lipinski definition) is 5. The van der Waals surface area contributed by atoms with Gasteiger partial charge in [-0.05, 0) is 37.3 Å². The van der Waals surface area contributed by atoms with E-state index in [1.165, 1.54) is 6.42 Å². The first kappa shape index (κ1) is 20.0. The van der Waals surface area contributed by atoms with E-state index in [1.807, 2.05) is 19.1 Å². The molecule has 4 rings (SSSR count). The molecule has 0 aromatic heterocycles. The van der Waals surface area contributed by atoms with Crippen LogP contribution in [-0.2, 0) is 9.59 Å². The number of nitrogens with zero attached hydrogens (tertiary/aromatic N) is 2. The number of anilines is 1. The van der Waals surface area contributed by atoms with E-state index in [0.29, 0.717) is 29.9 Å². The molecule has 1 aromatic carbocycles. The van der Waals surface area contributed by atoms with Crippen molar-refractivity contribution >= 4 is 17.5 Å². The number of amides is 2. The van der Waals surface area contributed by atoms with Crippen LogP contribution in [0, 0.1) is 17.8 Å². The second-order valence-electron chi connectivity index (χ2n) is 9.02. The Morgan fingerprint density at radius 3 is 2.66 bits per heavy atom. The highest BCUT2D eigenvalue weighted by Crippen LogP contribution is 2.37. The average Bonchev–Trinajstić information content (AvgIpc) is 3.26. The van der Waals surface area contributed by atoms with Gasteiger partial charge >= 0.3 is 0 Å². The summed E-state index contributed by atoms with van der Waals surface area (Å²) in [6, 6.07) is 5.52. The molecule has 158 valence electrons. The third kappa shape index (κ3) is 4.50. The Morgan fingerprint density at radius 1 is 1.17 bits per heavy atom. The van der Waals surface area contributed by atoms with Crippen LogP contribution < -0.4 is 19.7 Å². The van der Waals surface area contributed by atoms with E-state index in [9.17, 15) is 9.59 Å². The fourth-order valence-electron chi connectivity index (χ4n) is 4.92. The van der Waals surface area contributed by atoms with Gasteiger partial charge in [0, 0.05) is 50.4 Å². The third-order valence-corrected chi connectivity index (χ3v) is 6.03. The maximum absolute atomic E-state index is 12.8. The maximum atomic E-state index is 12.8. The molecule has 0 saturated carbocycles. The predicted octanol–water partition coefficient (Wildman–Crippen LogP) is 2.25. The highest BCUT2D eigenvalue weighted by Gasteiger charge is 2.36. The summed E-state index contributed by atoms with van der Waals surface area (Å²) in [4.78, 5) is 29.4. The maximum Gasteiger partial charge on any atom is 0.231 e. The molecule has 2 fully saturated rings. The summed E-state index contributed by atoms with van der Waals surface area (Å²) in [5.74, 6) is 2.33. The van der Waals surface area contributed by atoms with Gasteiger partial charge in [0.2, 0.25) is 18.6 Å². The fourth-order valence-corrected chi connectivity index (χ4v) is 4.92. The van der Waals surface area contributed by atoms with E-state index in [1.54, 1.807) is 11.0 Å². The lowest BCUT2D eigenvalue weighted by Crippen LogP contribution is -2.48. The number of likely N-dealkylation sites (tertiary alicyclic amines) is 1. The van der Waals surface area contributed by atoms with Gasteiger partial charge < -0.3 is 24.6 Å². The number of carbonyl (C=O) groups is 2. The lowest BCUT2D eigenvalue weighted by atomic mass is 9.91. The van der Waals surface area contributed by atoms with Crippen LogP contribution in [0.25, 0.3) is 0 Å². The van der Waals surface area contributed by atoms with E-state index in [-0.39, 0.29) is 37.0 Å².